The maximum atomic E-state index is 5.63. The van der Waals surface area contributed by atoms with E-state index >= 15 is 0 Å². The summed E-state index contributed by atoms with van der Waals surface area (Å²) in [5.74, 6) is 0. The van der Waals surface area contributed by atoms with Crippen molar-refractivity contribution in [2.24, 2.45) is 5.41 Å². The Morgan fingerprint density at radius 2 is 2.06 bits per heavy atom. The van der Waals surface area contributed by atoms with E-state index in [2.05, 4.69) is 37.1 Å². The number of rotatable bonds is 4. The lowest BCUT2D eigenvalue weighted by molar-refractivity contribution is -0.0102. The van der Waals surface area contributed by atoms with Crippen LogP contribution in [0.3, 0.4) is 0 Å². The molecule has 2 unspecified atom stereocenters. The third kappa shape index (κ3) is 3.03. The molecule has 90 valence electrons. The number of nitrogens with zero attached hydrogens (tertiary/aromatic N) is 1. The van der Waals surface area contributed by atoms with Gasteiger partial charge in [-0.25, -0.2) is 0 Å². The molecule has 3 nitrogen and oxygen atoms in total. The Balaban J connectivity index is 2.97. The van der Waals surface area contributed by atoms with Crippen molar-refractivity contribution in [3.8, 4) is 0 Å². The molecule has 0 aliphatic carbocycles. The van der Waals surface area contributed by atoms with E-state index in [1.807, 2.05) is 19.3 Å². The standard InChI is InChI=1S/C13H22N2O/c1-13(2,3)12(16-5)11(14-4)10-7-6-8-15-9-10/h6-9,11-12,14H,1-5H3. The molecule has 0 saturated carbocycles. The molecule has 1 aromatic heterocycles. The van der Waals surface area contributed by atoms with E-state index in [0.717, 1.165) is 5.56 Å². The monoisotopic (exact) mass is 222 g/mol. The molecule has 1 aromatic rings. The first kappa shape index (κ1) is 13.1. The van der Waals surface area contributed by atoms with Crippen LogP contribution in [0.1, 0.15) is 32.4 Å². The molecular formula is C13H22N2O. The number of hydrogen-bond acceptors (Lipinski definition) is 3. The zero-order chi connectivity index (χ0) is 12.2. The molecule has 0 saturated heterocycles. The Labute approximate surface area is 98.2 Å². The molecule has 0 bridgehead atoms. The van der Waals surface area contributed by atoms with Crippen LogP contribution in [0.2, 0.25) is 0 Å². The van der Waals surface area contributed by atoms with Crippen LogP contribution in [0, 0.1) is 5.41 Å². The van der Waals surface area contributed by atoms with Gasteiger partial charge in [0.05, 0.1) is 12.1 Å². The van der Waals surface area contributed by atoms with Crippen LogP contribution in [-0.2, 0) is 4.74 Å². The van der Waals surface area contributed by atoms with Crippen LogP contribution in [0.4, 0.5) is 0 Å². The largest absolute Gasteiger partial charge is 0.379 e. The predicted molar refractivity (Wildman–Crippen MR) is 66.3 cm³/mol. The number of methoxy groups -OCH3 is 1. The van der Waals surface area contributed by atoms with Gasteiger partial charge in [0.2, 0.25) is 0 Å². The summed E-state index contributed by atoms with van der Waals surface area (Å²) in [4.78, 5) is 4.16. The molecule has 1 N–H and O–H groups in total. The first-order valence-electron chi connectivity index (χ1n) is 5.60. The number of likely N-dealkylation sites (N-methyl/N-ethyl adjacent to an activating group) is 1. The molecular weight excluding hydrogens is 200 g/mol. The van der Waals surface area contributed by atoms with Crippen molar-refractivity contribution < 1.29 is 4.74 Å². The fourth-order valence-corrected chi connectivity index (χ4v) is 2.04. The second-order valence-electron chi connectivity index (χ2n) is 5.08. The van der Waals surface area contributed by atoms with Crippen LogP contribution in [0.5, 0.6) is 0 Å². The number of hydrogen-bond donors (Lipinski definition) is 1. The summed E-state index contributed by atoms with van der Waals surface area (Å²) < 4.78 is 5.63. The van der Waals surface area contributed by atoms with Crippen molar-refractivity contribution >= 4 is 0 Å². The minimum atomic E-state index is 0.0816. The summed E-state index contributed by atoms with van der Waals surface area (Å²) in [5.41, 5.74) is 1.24. The van der Waals surface area contributed by atoms with Gasteiger partial charge in [-0.3, -0.25) is 4.98 Å². The van der Waals surface area contributed by atoms with Crippen molar-refractivity contribution in [1.82, 2.24) is 10.3 Å². The van der Waals surface area contributed by atoms with E-state index in [4.69, 9.17) is 4.74 Å². The lowest BCUT2D eigenvalue weighted by Gasteiger charge is -2.35. The smallest absolute Gasteiger partial charge is 0.0814 e. The lowest BCUT2D eigenvalue weighted by atomic mass is 9.82. The molecule has 0 aliphatic heterocycles. The van der Waals surface area contributed by atoms with Gasteiger partial charge in [-0.05, 0) is 24.1 Å². The third-order valence-corrected chi connectivity index (χ3v) is 2.76. The van der Waals surface area contributed by atoms with E-state index in [9.17, 15) is 0 Å². The highest BCUT2D eigenvalue weighted by atomic mass is 16.5. The van der Waals surface area contributed by atoms with Crippen molar-refractivity contribution in [2.75, 3.05) is 14.2 Å². The molecule has 0 fully saturated rings. The molecule has 0 aliphatic rings. The molecule has 2 atom stereocenters. The normalized spacial score (nSPS) is 15.8. The van der Waals surface area contributed by atoms with Gasteiger partial charge in [0.15, 0.2) is 0 Å². The first-order valence-corrected chi connectivity index (χ1v) is 5.60. The molecule has 0 amide bonds. The van der Waals surface area contributed by atoms with E-state index in [-0.39, 0.29) is 17.6 Å². The highest BCUT2D eigenvalue weighted by molar-refractivity contribution is 5.16. The van der Waals surface area contributed by atoms with Crippen molar-refractivity contribution in [2.45, 2.75) is 32.9 Å². The molecule has 1 heterocycles. The van der Waals surface area contributed by atoms with E-state index in [0.29, 0.717) is 0 Å². The van der Waals surface area contributed by atoms with Crippen LogP contribution in [0.15, 0.2) is 24.5 Å². The van der Waals surface area contributed by atoms with Crippen LogP contribution >= 0.6 is 0 Å². The fraction of sp³-hybridized carbons (Fsp3) is 0.615. The summed E-state index contributed by atoms with van der Waals surface area (Å²) in [6.07, 6.45) is 3.79. The quantitative estimate of drug-likeness (QED) is 0.849. The summed E-state index contributed by atoms with van der Waals surface area (Å²) >= 11 is 0. The fourth-order valence-electron chi connectivity index (χ4n) is 2.04. The van der Waals surface area contributed by atoms with Crippen molar-refractivity contribution in [3.05, 3.63) is 30.1 Å². The van der Waals surface area contributed by atoms with Gasteiger partial charge < -0.3 is 10.1 Å². The van der Waals surface area contributed by atoms with Gasteiger partial charge in [-0.2, -0.15) is 0 Å². The summed E-state index contributed by atoms with van der Waals surface area (Å²) in [6, 6.07) is 4.19. The van der Waals surface area contributed by atoms with Gasteiger partial charge >= 0.3 is 0 Å². The second-order valence-corrected chi connectivity index (χ2v) is 5.08. The van der Waals surface area contributed by atoms with E-state index < -0.39 is 0 Å². The Morgan fingerprint density at radius 3 is 2.44 bits per heavy atom. The number of ether oxygens (including phenoxy) is 1. The second kappa shape index (κ2) is 5.41. The van der Waals surface area contributed by atoms with Gasteiger partial charge in [0, 0.05) is 19.5 Å². The Kier molecular flexibility index (Phi) is 4.44. The van der Waals surface area contributed by atoms with Gasteiger partial charge in [0.25, 0.3) is 0 Å². The highest BCUT2D eigenvalue weighted by Crippen LogP contribution is 2.31. The molecule has 16 heavy (non-hydrogen) atoms. The third-order valence-electron chi connectivity index (χ3n) is 2.76. The average Bonchev–Trinajstić information content (AvgIpc) is 2.25. The zero-order valence-electron chi connectivity index (χ0n) is 10.8. The Bertz CT molecular complexity index is 305. The number of aromatic nitrogens is 1. The van der Waals surface area contributed by atoms with Crippen LogP contribution < -0.4 is 5.32 Å². The van der Waals surface area contributed by atoms with Gasteiger partial charge in [-0.15, -0.1) is 0 Å². The topological polar surface area (TPSA) is 34.2 Å². The van der Waals surface area contributed by atoms with Crippen LogP contribution in [0.25, 0.3) is 0 Å². The summed E-state index contributed by atoms with van der Waals surface area (Å²) in [5, 5.41) is 3.31. The highest BCUT2D eigenvalue weighted by Gasteiger charge is 2.32. The molecule has 0 radical (unpaired) electrons. The lowest BCUT2D eigenvalue weighted by Crippen LogP contribution is -2.40. The Morgan fingerprint density at radius 1 is 1.38 bits per heavy atom. The number of nitrogens with one attached hydrogen (secondary N) is 1. The minimum Gasteiger partial charge on any atom is -0.379 e. The van der Waals surface area contributed by atoms with Gasteiger partial charge in [0.1, 0.15) is 0 Å². The molecule has 1 rings (SSSR count). The maximum Gasteiger partial charge on any atom is 0.0814 e. The maximum absolute atomic E-state index is 5.63. The zero-order valence-corrected chi connectivity index (χ0v) is 10.8. The predicted octanol–water partition coefficient (Wildman–Crippen LogP) is 2.40. The van der Waals surface area contributed by atoms with Crippen molar-refractivity contribution in [3.63, 3.8) is 0 Å². The average molecular weight is 222 g/mol. The SMILES string of the molecule is CNC(c1cccnc1)C(OC)C(C)(C)C. The summed E-state index contributed by atoms with van der Waals surface area (Å²) in [7, 11) is 3.71. The molecule has 0 spiro atoms. The van der Waals surface area contributed by atoms with E-state index in [1.54, 1.807) is 13.3 Å². The van der Waals surface area contributed by atoms with Crippen molar-refractivity contribution in [1.29, 1.82) is 0 Å². The number of pyridine rings is 1. The molecule has 3 heteroatoms. The van der Waals surface area contributed by atoms with Crippen LogP contribution in [-0.4, -0.2) is 25.2 Å². The minimum absolute atomic E-state index is 0.0816. The summed E-state index contributed by atoms with van der Waals surface area (Å²) in [6.45, 7) is 6.55. The van der Waals surface area contributed by atoms with Gasteiger partial charge in [-0.1, -0.05) is 26.8 Å². The first-order chi connectivity index (χ1) is 7.50. The van der Waals surface area contributed by atoms with E-state index in [1.165, 1.54) is 0 Å². The Hall–Kier alpha value is -0.930. The molecule has 0 aromatic carbocycles.